The summed E-state index contributed by atoms with van der Waals surface area (Å²) in [5, 5.41) is 0. The summed E-state index contributed by atoms with van der Waals surface area (Å²) < 4.78 is 11.9. The van der Waals surface area contributed by atoms with Gasteiger partial charge in [-0.3, -0.25) is 0 Å². The predicted molar refractivity (Wildman–Crippen MR) is 76.4 cm³/mol. The highest BCUT2D eigenvalue weighted by atomic mass is 16.7. The Morgan fingerprint density at radius 2 is 1.56 bits per heavy atom. The van der Waals surface area contributed by atoms with Gasteiger partial charge in [-0.2, -0.15) is 0 Å². The SMILES string of the molecule is CC1(C)OB(CC=Cc2ccccc2)OC1(C)C. The first-order valence-electron chi connectivity index (χ1n) is 6.48. The maximum absolute atomic E-state index is 5.93. The average Bonchev–Trinajstić information content (AvgIpc) is 2.49. The summed E-state index contributed by atoms with van der Waals surface area (Å²) >= 11 is 0. The van der Waals surface area contributed by atoms with Gasteiger partial charge in [0.25, 0.3) is 0 Å². The molecule has 0 N–H and O–H groups in total. The molecule has 18 heavy (non-hydrogen) atoms. The van der Waals surface area contributed by atoms with Crippen molar-refractivity contribution in [2.24, 2.45) is 0 Å². The molecule has 0 aliphatic carbocycles. The third-order valence-electron chi connectivity index (χ3n) is 3.74. The van der Waals surface area contributed by atoms with Gasteiger partial charge in [0.15, 0.2) is 0 Å². The van der Waals surface area contributed by atoms with E-state index < -0.39 is 0 Å². The Morgan fingerprint density at radius 3 is 2.11 bits per heavy atom. The van der Waals surface area contributed by atoms with Crippen molar-refractivity contribution in [1.29, 1.82) is 0 Å². The number of allylic oxidation sites excluding steroid dienone is 1. The van der Waals surface area contributed by atoms with Crippen LogP contribution in [0.2, 0.25) is 6.32 Å². The maximum atomic E-state index is 5.93. The summed E-state index contributed by atoms with van der Waals surface area (Å²) in [7, 11) is -0.144. The minimum atomic E-state index is -0.238. The van der Waals surface area contributed by atoms with E-state index in [2.05, 4.69) is 52.0 Å². The van der Waals surface area contributed by atoms with Crippen molar-refractivity contribution in [2.75, 3.05) is 0 Å². The summed E-state index contributed by atoms with van der Waals surface area (Å²) in [4.78, 5) is 0. The van der Waals surface area contributed by atoms with E-state index in [9.17, 15) is 0 Å². The van der Waals surface area contributed by atoms with Crippen molar-refractivity contribution in [2.45, 2.75) is 45.2 Å². The molecule has 2 rings (SSSR count). The number of benzene rings is 1. The smallest absolute Gasteiger partial charge is 0.403 e. The van der Waals surface area contributed by atoms with Crippen molar-refractivity contribution >= 4 is 13.2 Å². The van der Waals surface area contributed by atoms with E-state index >= 15 is 0 Å². The topological polar surface area (TPSA) is 18.5 Å². The van der Waals surface area contributed by atoms with E-state index in [0.717, 1.165) is 6.32 Å². The fourth-order valence-corrected chi connectivity index (χ4v) is 1.94. The predicted octanol–water partition coefficient (Wildman–Crippen LogP) is 3.79. The molecule has 0 amide bonds. The Bertz CT molecular complexity index is 407. The highest BCUT2D eigenvalue weighted by molar-refractivity contribution is 6.46. The van der Waals surface area contributed by atoms with E-state index in [-0.39, 0.29) is 18.3 Å². The van der Waals surface area contributed by atoms with Gasteiger partial charge in [-0.15, -0.1) is 0 Å². The largest absolute Gasteiger partial charge is 0.461 e. The maximum Gasteiger partial charge on any atom is 0.461 e. The lowest BCUT2D eigenvalue weighted by atomic mass is 9.84. The van der Waals surface area contributed by atoms with Gasteiger partial charge in [-0.25, -0.2) is 0 Å². The summed E-state index contributed by atoms with van der Waals surface area (Å²) in [6, 6.07) is 10.3. The lowest BCUT2D eigenvalue weighted by Gasteiger charge is -2.32. The van der Waals surface area contributed by atoms with Gasteiger partial charge in [0.05, 0.1) is 11.2 Å². The molecule has 2 nitrogen and oxygen atoms in total. The molecular formula is C15H21BO2. The van der Waals surface area contributed by atoms with Crippen molar-refractivity contribution in [3.05, 3.63) is 42.0 Å². The van der Waals surface area contributed by atoms with Crippen LogP contribution in [0.4, 0.5) is 0 Å². The molecule has 0 bridgehead atoms. The lowest BCUT2D eigenvalue weighted by molar-refractivity contribution is 0.00578. The highest BCUT2D eigenvalue weighted by Gasteiger charge is 2.50. The highest BCUT2D eigenvalue weighted by Crippen LogP contribution is 2.37. The van der Waals surface area contributed by atoms with Crippen molar-refractivity contribution < 1.29 is 9.31 Å². The molecule has 3 heteroatoms. The molecule has 1 saturated heterocycles. The molecular weight excluding hydrogens is 223 g/mol. The second-order valence-electron chi connectivity index (χ2n) is 5.73. The first-order chi connectivity index (χ1) is 8.41. The third-order valence-corrected chi connectivity index (χ3v) is 3.74. The molecule has 0 atom stereocenters. The Morgan fingerprint density at radius 1 is 1.00 bits per heavy atom. The van der Waals surface area contributed by atoms with Crippen LogP contribution >= 0.6 is 0 Å². The van der Waals surface area contributed by atoms with Gasteiger partial charge in [-0.05, 0) is 33.3 Å². The van der Waals surface area contributed by atoms with Gasteiger partial charge in [0, 0.05) is 6.32 Å². The Balaban J connectivity index is 1.92. The molecule has 0 saturated carbocycles. The first kappa shape index (κ1) is 13.4. The normalized spacial score (nSPS) is 21.7. The van der Waals surface area contributed by atoms with Crippen LogP contribution in [0, 0.1) is 0 Å². The molecule has 96 valence electrons. The zero-order valence-corrected chi connectivity index (χ0v) is 11.6. The van der Waals surface area contributed by atoms with Crippen molar-refractivity contribution in [1.82, 2.24) is 0 Å². The van der Waals surface area contributed by atoms with Gasteiger partial charge < -0.3 is 9.31 Å². The number of hydrogen-bond donors (Lipinski definition) is 0. The molecule has 1 aromatic carbocycles. The van der Waals surface area contributed by atoms with Crippen LogP contribution in [-0.2, 0) is 9.31 Å². The fourth-order valence-electron chi connectivity index (χ4n) is 1.94. The second-order valence-corrected chi connectivity index (χ2v) is 5.73. The summed E-state index contributed by atoms with van der Waals surface area (Å²) in [5.74, 6) is 0. The molecule has 1 fully saturated rings. The Hall–Kier alpha value is -1.06. The zero-order chi connectivity index (χ0) is 13.2. The van der Waals surface area contributed by atoms with Gasteiger partial charge in [0.1, 0.15) is 0 Å². The van der Waals surface area contributed by atoms with Crippen LogP contribution in [0.15, 0.2) is 36.4 Å². The van der Waals surface area contributed by atoms with E-state index in [1.807, 2.05) is 18.2 Å². The summed E-state index contributed by atoms with van der Waals surface area (Å²) in [6.45, 7) is 8.31. The van der Waals surface area contributed by atoms with E-state index in [0.29, 0.717) is 0 Å². The standard InChI is InChI=1S/C15H21BO2/c1-14(2)15(3,4)18-16(17-14)12-8-11-13-9-6-5-7-10-13/h5-11H,12H2,1-4H3. The van der Waals surface area contributed by atoms with Gasteiger partial charge in [0.2, 0.25) is 0 Å². The summed E-state index contributed by atoms with van der Waals surface area (Å²) in [5.41, 5.74) is 0.727. The van der Waals surface area contributed by atoms with Gasteiger partial charge >= 0.3 is 7.12 Å². The second kappa shape index (κ2) is 4.91. The monoisotopic (exact) mass is 244 g/mol. The van der Waals surface area contributed by atoms with Crippen molar-refractivity contribution in [3.63, 3.8) is 0 Å². The van der Waals surface area contributed by atoms with Crippen LogP contribution in [0.3, 0.4) is 0 Å². The molecule has 1 aromatic rings. The molecule has 0 spiro atoms. The van der Waals surface area contributed by atoms with Crippen LogP contribution in [0.1, 0.15) is 33.3 Å². The van der Waals surface area contributed by atoms with Gasteiger partial charge in [-0.1, -0.05) is 42.5 Å². The van der Waals surface area contributed by atoms with E-state index in [4.69, 9.17) is 9.31 Å². The Labute approximate surface area is 110 Å². The molecule has 0 aromatic heterocycles. The summed E-state index contributed by atoms with van der Waals surface area (Å²) in [6.07, 6.45) is 4.99. The Kier molecular flexibility index (Phi) is 3.65. The van der Waals surface area contributed by atoms with Crippen molar-refractivity contribution in [3.8, 4) is 0 Å². The molecule has 0 radical (unpaired) electrons. The molecule has 1 heterocycles. The van der Waals surface area contributed by atoms with Crippen LogP contribution < -0.4 is 0 Å². The van der Waals surface area contributed by atoms with E-state index in [1.165, 1.54) is 5.56 Å². The molecule has 1 aliphatic heterocycles. The first-order valence-corrected chi connectivity index (χ1v) is 6.48. The fraction of sp³-hybridized carbons (Fsp3) is 0.467. The zero-order valence-electron chi connectivity index (χ0n) is 11.6. The average molecular weight is 244 g/mol. The lowest BCUT2D eigenvalue weighted by Crippen LogP contribution is -2.41. The van der Waals surface area contributed by atoms with Crippen LogP contribution in [0.25, 0.3) is 6.08 Å². The van der Waals surface area contributed by atoms with Crippen LogP contribution in [-0.4, -0.2) is 18.3 Å². The minimum Gasteiger partial charge on any atom is -0.403 e. The number of rotatable bonds is 3. The number of hydrogen-bond acceptors (Lipinski definition) is 2. The third kappa shape index (κ3) is 2.85. The van der Waals surface area contributed by atoms with Crippen LogP contribution in [0.5, 0.6) is 0 Å². The molecule has 0 unspecified atom stereocenters. The van der Waals surface area contributed by atoms with E-state index in [1.54, 1.807) is 0 Å². The minimum absolute atomic E-state index is 0.144. The quantitative estimate of drug-likeness (QED) is 0.753. The molecule has 1 aliphatic rings.